The van der Waals surface area contributed by atoms with Crippen molar-refractivity contribution in [3.8, 4) is 0 Å². The number of pyridine rings is 1. The summed E-state index contributed by atoms with van der Waals surface area (Å²) in [6, 6.07) is 14.5. The van der Waals surface area contributed by atoms with Gasteiger partial charge in [-0.3, -0.25) is 9.59 Å². The third kappa shape index (κ3) is 3.21. The van der Waals surface area contributed by atoms with Crippen LogP contribution in [0.4, 0.5) is 0 Å². The number of ketones is 1. The third-order valence-electron chi connectivity index (χ3n) is 3.48. The van der Waals surface area contributed by atoms with Crippen LogP contribution in [0.15, 0.2) is 59.4 Å². The first kappa shape index (κ1) is 16.0. The highest BCUT2D eigenvalue weighted by Gasteiger charge is 2.16. The standard InChI is InChI=1S/C18H12ClNO4/c19-14-7-3-1-6-12(14)16(21)10-24-18(23)13-9-17(22)20-15-8-4-2-5-11(13)15/h1-9H,10H2,(H,20,22). The maximum absolute atomic E-state index is 12.3. The number of benzene rings is 2. The molecule has 120 valence electrons. The number of rotatable bonds is 4. The lowest BCUT2D eigenvalue weighted by Gasteiger charge is -2.07. The topological polar surface area (TPSA) is 76.2 Å². The molecule has 0 radical (unpaired) electrons. The van der Waals surface area contributed by atoms with Crippen molar-refractivity contribution in [2.24, 2.45) is 0 Å². The second-order valence-corrected chi connectivity index (χ2v) is 5.48. The molecule has 0 aliphatic carbocycles. The van der Waals surface area contributed by atoms with Crippen LogP contribution in [0.25, 0.3) is 10.9 Å². The molecule has 1 N–H and O–H groups in total. The molecule has 0 saturated carbocycles. The average molecular weight is 342 g/mol. The van der Waals surface area contributed by atoms with Crippen LogP contribution in [0.5, 0.6) is 0 Å². The first-order valence-corrected chi connectivity index (χ1v) is 7.51. The zero-order chi connectivity index (χ0) is 17.1. The fraction of sp³-hybridized carbons (Fsp3) is 0.0556. The lowest BCUT2D eigenvalue weighted by atomic mass is 10.1. The average Bonchev–Trinajstić information content (AvgIpc) is 2.59. The molecule has 0 saturated heterocycles. The van der Waals surface area contributed by atoms with E-state index in [2.05, 4.69) is 4.98 Å². The number of Topliss-reactive ketones (excluding diaryl/α,β-unsaturated/α-hetero) is 1. The smallest absolute Gasteiger partial charge is 0.339 e. The fourth-order valence-electron chi connectivity index (χ4n) is 2.35. The number of para-hydroxylation sites is 1. The Kier molecular flexibility index (Phi) is 4.44. The van der Waals surface area contributed by atoms with Gasteiger partial charge in [0.2, 0.25) is 11.3 Å². The maximum Gasteiger partial charge on any atom is 0.339 e. The summed E-state index contributed by atoms with van der Waals surface area (Å²) < 4.78 is 5.06. The molecular formula is C18H12ClNO4. The summed E-state index contributed by atoms with van der Waals surface area (Å²) in [7, 11) is 0. The Morgan fingerprint density at radius 2 is 1.71 bits per heavy atom. The number of hydrogen-bond donors (Lipinski definition) is 1. The van der Waals surface area contributed by atoms with E-state index in [9.17, 15) is 14.4 Å². The van der Waals surface area contributed by atoms with Crippen molar-refractivity contribution < 1.29 is 14.3 Å². The highest BCUT2D eigenvalue weighted by molar-refractivity contribution is 6.34. The molecule has 6 heteroatoms. The van der Waals surface area contributed by atoms with Gasteiger partial charge in [-0.05, 0) is 18.2 Å². The summed E-state index contributed by atoms with van der Waals surface area (Å²) in [6.07, 6.45) is 0. The Morgan fingerprint density at radius 3 is 2.50 bits per heavy atom. The van der Waals surface area contributed by atoms with Crippen LogP contribution in [-0.2, 0) is 4.74 Å². The first-order valence-electron chi connectivity index (χ1n) is 7.13. The van der Waals surface area contributed by atoms with E-state index in [1.54, 1.807) is 48.5 Å². The number of aromatic amines is 1. The van der Waals surface area contributed by atoms with Crippen LogP contribution in [0.3, 0.4) is 0 Å². The number of carbonyl (C=O) groups is 2. The van der Waals surface area contributed by atoms with Crippen LogP contribution >= 0.6 is 11.6 Å². The molecule has 0 unspecified atom stereocenters. The van der Waals surface area contributed by atoms with Gasteiger partial charge in [0.25, 0.3) is 0 Å². The number of nitrogens with one attached hydrogen (secondary N) is 1. The highest BCUT2D eigenvalue weighted by atomic mass is 35.5. The van der Waals surface area contributed by atoms with Crippen LogP contribution in [0.2, 0.25) is 5.02 Å². The zero-order valence-electron chi connectivity index (χ0n) is 12.4. The number of aromatic nitrogens is 1. The largest absolute Gasteiger partial charge is 0.454 e. The molecule has 0 fully saturated rings. The van der Waals surface area contributed by atoms with Crippen molar-refractivity contribution in [1.29, 1.82) is 0 Å². The molecule has 0 amide bonds. The molecular weight excluding hydrogens is 330 g/mol. The van der Waals surface area contributed by atoms with Crippen LogP contribution in [0.1, 0.15) is 20.7 Å². The van der Waals surface area contributed by atoms with Gasteiger partial charge in [0.15, 0.2) is 6.61 Å². The van der Waals surface area contributed by atoms with Crippen molar-refractivity contribution in [2.45, 2.75) is 0 Å². The van der Waals surface area contributed by atoms with Crippen molar-refractivity contribution in [3.63, 3.8) is 0 Å². The number of esters is 1. The third-order valence-corrected chi connectivity index (χ3v) is 3.81. The molecule has 0 atom stereocenters. The van der Waals surface area contributed by atoms with E-state index < -0.39 is 23.9 Å². The summed E-state index contributed by atoms with van der Waals surface area (Å²) in [4.78, 5) is 38.7. The molecule has 3 aromatic rings. The van der Waals surface area contributed by atoms with Gasteiger partial charge in [-0.15, -0.1) is 0 Å². The van der Waals surface area contributed by atoms with E-state index in [-0.39, 0.29) is 11.1 Å². The van der Waals surface area contributed by atoms with Gasteiger partial charge >= 0.3 is 5.97 Å². The maximum atomic E-state index is 12.3. The molecule has 1 heterocycles. The minimum atomic E-state index is -0.738. The van der Waals surface area contributed by atoms with E-state index in [0.717, 1.165) is 6.07 Å². The van der Waals surface area contributed by atoms with Gasteiger partial charge in [0.05, 0.1) is 10.6 Å². The minimum Gasteiger partial charge on any atom is -0.454 e. The Balaban J connectivity index is 1.82. The van der Waals surface area contributed by atoms with Crippen molar-refractivity contribution in [1.82, 2.24) is 4.98 Å². The molecule has 0 aliphatic rings. The van der Waals surface area contributed by atoms with E-state index in [4.69, 9.17) is 16.3 Å². The zero-order valence-corrected chi connectivity index (χ0v) is 13.2. The summed E-state index contributed by atoms with van der Waals surface area (Å²) in [5, 5.41) is 0.840. The molecule has 3 rings (SSSR count). The molecule has 24 heavy (non-hydrogen) atoms. The Bertz CT molecular complexity index is 993. The van der Waals surface area contributed by atoms with E-state index in [1.807, 2.05) is 0 Å². The van der Waals surface area contributed by atoms with Gasteiger partial charge in [-0.2, -0.15) is 0 Å². The predicted octanol–water partition coefficient (Wildman–Crippen LogP) is 3.22. The van der Waals surface area contributed by atoms with Gasteiger partial charge < -0.3 is 9.72 Å². The van der Waals surface area contributed by atoms with E-state index in [0.29, 0.717) is 15.9 Å². The van der Waals surface area contributed by atoms with Crippen LogP contribution < -0.4 is 5.56 Å². The minimum absolute atomic E-state index is 0.112. The van der Waals surface area contributed by atoms with Crippen LogP contribution in [-0.4, -0.2) is 23.3 Å². The second-order valence-electron chi connectivity index (χ2n) is 5.07. The Labute approximate surface area is 141 Å². The lowest BCUT2D eigenvalue weighted by Crippen LogP contribution is -2.17. The normalized spacial score (nSPS) is 10.5. The van der Waals surface area contributed by atoms with E-state index >= 15 is 0 Å². The van der Waals surface area contributed by atoms with Crippen molar-refractivity contribution in [2.75, 3.05) is 6.61 Å². The van der Waals surface area contributed by atoms with E-state index in [1.165, 1.54) is 0 Å². The summed E-state index contributed by atoms with van der Waals surface area (Å²) in [5.74, 6) is -1.15. The number of fused-ring (bicyclic) bond motifs is 1. The lowest BCUT2D eigenvalue weighted by molar-refractivity contribution is 0.0476. The Hall–Kier alpha value is -2.92. The van der Waals surface area contributed by atoms with Gasteiger partial charge in [0, 0.05) is 22.5 Å². The van der Waals surface area contributed by atoms with Gasteiger partial charge in [-0.1, -0.05) is 41.9 Å². The number of hydrogen-bond acceptors (Lipinski definition) is 4. The number of halogens is 1. The quantitative estimate of drug-likeness (QED) is 0.584. The van der Waals surface area contributed by atoms with Crippen molar-refractivity contribution in [3.05, 3.63) is 81.1 Å². The first-order chi connectivity index (χ1) is 11.6. The number of H-pyrrole nitrogens is 1. The highest BCUT2D eigenvalue weighted by Crippen LogP contribution is 2.17. The van der Waals surface area contributed by atoms with Gasteiger partial charge in [-0.25, -0.2) is 4.79 Å². The fourth-order valence-corrected chi connectivity index (χ4v) is 2.59. The van der Waals surface area contributed by atoms with Gasteiger partial charge in [0.1, 0.15) is 0 Å². The molecule has 0 aliphatic heterocycles. The molecule has 5 nitrogen and oxygen atoms in total. The summed E-state index contributed by atoms with van der Waals surface area (Å²) >= 11 is 5.94. The van der Waals surface area contributed by atoms with Crippen molar-refractivity contribution >= 4 is 34.3 Å². The monoisotopic (exact) mass is 341 g/mol. The summed E-state index contributed by atoms with van der Waals surface area (Å²) in [6.45, 7) is -0.455. The molecule has 0 bridgehead atoms. The SMILES string of the molecule is O=C(COC(=O)c1cc(=O)[nH]c2ccccc12)c1ccccc1Cl. The second kappa shape index (κ2) is 6.68. The number of carbonyl (C=O) groups excluding carboxylic acids is 2. The Morgan fingerprint density at radius 1 is 1.00 bits per heavy atom. The summed E-state index contributed by atoms with van der Waals surface area (Å²) in [5.41, 5.74) is 0.497. The van der Waals surface area contributed by atoms with Crippen LogP contribution in [0, 0.1) is 0 Å². The molecule has 1 aromatic heterocycles. The predicted molar refractivity (Wildman–Crippen MR) is 90.6 cm³/mol. The number of ether oxygens (including phenoxy) is 1. The molecule has 0 spiro atoms. The molecule has 2 aromatic carbocycles.